The van der Waals surface area contributed by atoms with Crippen molar-refractivity contribution in [3.8, 4) is 5.69 Å². The van der Waals surface area contributed by atoms with Crippen molar-refractivity contribution < 1.29 is 14.7 Å². The molecule has 6 heteroatoms. The molecule has 0 spiro atoms. The minimum Gasteiger partial charge on any atom is -0.481 e. The van der Waals surface area contributed by atoms with Gasteiger partial charge < -0.3 is 10.4 Å². The van der Waals surface area contributed by atoms with Crippen LogP contribution in [0, 0.1) is 19.3 Å². The second-order valence-corrected chi connectivity index (χ2v) is 6.86. The summed E-state index contributed by atoms with van der Waals surface area (Å²) < 4.78 is 1.84. The average molecular weight is 343 g/mol. The van der Waals surface area contributed by atoms with E-state index in [1.165, 1.54) is 0 Å². The van der Waals surface area contributed by atoms with Gasteiger partial charge in [-0.3, -0.25) is 9.59 Å². The Morgan fingerprint density at radius 2 is 1.84 bits per heavy atom. The van der Waals surface area contributed by atoms with Crippen molar-refractivity contribution in [3.63, 3.8) is 0 Å². The predicted octanol–water partition coefficient (Wildman–Crippen LogP) is 2.65. The summed E-state index contributed by atoms with van der Waals surface area (Å²) in [5.74, 6) is -0.988. The quantitative estimate of drug-likeness (QED) is 0.809. The molecular weight excluding hydrogens is 318 g/mol. The zero-order valence-electron chi connectivity index (χ0n) is 15.2. The minimum absolute atomic E-state index is 0.125. The first-order chi connectivity index (χ1) is 11.7. The molecular formula is C19H25N3O3. The number of para-hydroxylation sites is 1. The van der Waals surface area contributed by atoms with Gasteiger partial charge in [-0.15, -0.1) is 0 Å². The number of carboxylic acid groups (broad SMARTS) is 1. The van der Waals surface area contributed by atoms with Gasteiger partial charge in [-0.1, -0.05) is 18.2 Å². The molecule has 134 valence electrons. The summed E-state index contributed by atoms with van der Waals surface area (Å²) in [5, 5.41) is 16.4. The first-order valence-corrected chi connectivity index (χ1v) is 8.33. The lowest BCUT2D eigenvalue weighted by atomic mass is 9.90. The normalized spacial score (nSPS) is 11.4. The van der Waals surface area contributed by atoms with Crippen molar-refractivity contribution >= 4 is 11.9 Å². The van der Waals surface area contributed by atoms with Crippen LogP contribution in [-0.2, 0) is 16.0 Å². The van der Waals surface area contributed by atoms with E-state index in [0.717, 1.165) is 22.6 Å². The van der Waals surface area contributed by atoms with Crippen molar-refractivity contribution in [1.29, 1.82) is 0 Å². The van der Waals surface area contributed by atoms with Gasteiger partial charge in [0, 0.05) is 17.8 Å². The summed E-state index contributed by atoms with van der Waals surface area (Å²) >= 11 is 0. The van der Waals surface area contributed by atoms with Crippen molar-refractivity contribution in [2.75, 3.05) is 6.54 Å². The topological polar surface area (TPSA) is 84.2 Å². The van der Waals surface area contributed by atoms with Crippen LogP contribution in [0.2, 0.25) is 0 Å². The van der Waals surface area contributed by atoms with Gasteiger partial charge in [0.25, 0.3) is 0 Å². The van der Waals surface area contributed by atoms with Gasteiger partial charge in [0.1, 0.15) is 0 Å². The van der Waals surface area contributed by atoms with Crippen molar-refractivity contribution in [1.82, 2.24) is 15.1 Å². The Bertz CT molecular complexity index is 764. The van der Waals surface area contributed by atoms with Gasteiger partial charge in [0.2, 0.25) is 5.91 Å². The molecule has 0 radical (unpaired) electrons. The summed E-state index contributed by atoms with van der Waals surface area (Å²) in [6.45, 7) is 7.48. The fourth-order valence-corrected chi connectivity index (χ4v) is 2.60. The number of aromatic nitrogens is 2. The number of amides is 1. The highest BCUT2D eigenvalue weighted by atomic mass is 16.4. The summed E-state index contributed by atoms with van der Waals surface area (Å²) in [6.07, 6.45) is 0.618. The maximum atomic E-state index is 12.2. The molecule has 0 saturated carbocycles. The third-order valence-corrected chi connectivity index (χ3v) is 4.43. The highest BCUT2D eigenvalue weighted by Crippen LogP contribution is 2.20. The summed E-state index contributed by atoms with van der Waals surface area (Å²) in [6, 6.07) is 9.78. The fraction of sp³-hybridized carbons (Fsp3) is 0.421. The first kappa shape index (κ1) is 18.7. The lowest BCUT2D eigenvalue weighted by Crippen LogP contribution is -2.32. The van der Waals surface area contributed by atoms with E-state index in [2.05, 4.69) is 10.4 Å². The molecule has 0 saturated heterocycles. The van der Waals surface area contributed by atoms with E-state index in [9.17, 15) is 9.59 Å². The molecule has 0 aliphatic rings. The molecule has 0 aliphatic heterocycles. The molecule has 1 heterocycles. The third-order valence-electron chi connectivity index (χ3n) is 4.43. The summed E-state index contributed by atoms with van der Waals surface area (Å²) in [5.41, 5.74) is 2.76. The Balaban J connectivity index is 2.02. The third kappa shape index (κ3) is 4.47. The zero-order chi connectivity index (χ0) is 18.6. The lowest BCUT2D eigenvalue weighted by Gasteiger charge is -2.18. The first-order valence-electron chi connectivity index (χ1n) is 8.33. The van der Waals surface area contributed by atoms with Crippen LogP contribution in [0.3, 0.4) is 0 Å². The largest absolute Gasteiger partial charge is 0.481 e. The Kier molecular flexibility index (Phi) is 5.62. The molecule has 25 heavy (non-hydrogen) atoms. The molecule has 2 rings (SSSR count). The van der Waals surface area contributed by atoms with Gasteiger partial charge in [-0.2, -0.15) is 5.10 Å². The van der Waals surface area contributed by atoms with Crippen LogP contribution >= 0.6 is 0 Å². The second kappa shape index (κ2) is 7.51. The molecule has 2 aromatic rings. The van der Waals surface area contributed by atoms with E-state index in [4.69, 9.17) is 5.11 Å². The lowest BCUT2D eigenvalue weighted by molar-refractivity contribution is -0.147. The smallest absolute Gasteiger partial charge is 0.309 e. The molecule has 6 nitrogen and oxygen atoms in total. The monoisotopic (exact) mass is 343 g/mol. The molecule has 0 bridgehead atoms. The van der Waals surface area contributed by atoms with Crippen molar-refractivity contribution in [2.45, 2.75) is 40.5 Å². The van der Waals surface area contributed by atoms with E-state index < -0.39 is 11.4 Å². The molecule has 0 aliphatic carbocycles. The molecule has 1 amide bonds. The van der Waals surface area contributed by atoms with Crippen LogP contribution in [0.4, 0.5) is 0 Å². The number of rotatable bonds is 7. The van der Waals surface area contributed by atoms with Crippen LogP contribution in [0.15, 0.2) is 30.3 Å². The number of carbonyl (C=O) groups is 2. The van der Waals surface area contributed by atoms with Gasteiger partial charge >= 0.3 is 5.97 Å². The predicted molar refractivity (Wildman–Crippen MR) is 95.8 cm³/mol. The Morgan fingerprint density at radius 3 is 2.44 bits per heavy atom. The van der Waals surface area contributed by atoms with Crippen LogP contribution in [0.1, 0.15) is 37.2 Å². The number of aryl methyl sites for hydroxylation is 1. The highest BCUT2D eigenvalue weighted by Gasteiger charge is 2.26. The second-order valence-electron chi connectivity index (χ2n) is 6.86. The zero-order valence-corrected chi connectivity index (χ0v) is 15.2. The molecule has 1 aromatic heterocycles. The number of nitrogens with one attached hydrogen (secondary N) is 1. The number of aliphatic carboxylic acids is 1. The summed E-state index contributed by atoms with van der Waals surface area (Å²) in [4.78, 5) is 23.3. The van der Waals surface area contributed by atoms with E-state index in [1.807, 2.05) is 48.9 Å². The fourth-order valence-electron chi connectivity index (χ4n) is 2.60. The van der Waals surface area contributed by atoms with E-state index in [0.29, 0.717) is 13.0 Å². The maximum absolute atomic E-state index is 12.2. The van der Waals surface area contributed by atoms with Crippen LogP contribution in [0.5, 0.6) is 0 Å². The number of carboxylic acids is 1. The molecule has 0 fully saturated rings. The molecule has 0 unspecified atom stereocenters. The van der Waals surface area contributed by atoms with Crippen LogP contribution < -0.4 is 5.32 Å². The number of hydrogen-bond donors (Lipinski definition) is 2. The highest BCUT2D eigenvalue weighted by molar-refractivity contribution is 5.79. The number of carbonyl (C=O) groups excluding carboxylic acids is 1. The Labute approximate surface area is 147 Å². The minimum atomic E-state index is -0.863. The number of hydrogen-bond acceptors (Lipinski definition) is 3. The van der Waals surface area contributed by atoms with Crippen LogP contribution in [0.25, 0.3) is 5.69 Å². The average Bonchev–Trinajstić information content (AvgIpc) is 2.83. The van der Waals surface area contributed by atoms with Gasteiger partial charge in [0.05, 0.1) is 23.2 Å². The maximum Gasteiger partial charge on any atom is 0.309 e. The Morgan fingerprint density at radius 1 is 1.20 bits per heavy atom. The molecule has 0 atom stereocenters. The van der Waals surface area contributed by atoms with Gasteiger partial charge in [0.15, 0.2) is 0 Å². The number of benzene rings is 1. The van der Waals surface area contributed by atoms with Crippen molar-refractivity contribution in [2.24, 2.45) is 5.41 Å². The molecule has 2 N–H and O–H groups in total. The van der Waals surface area contributed by atoms with Gasteiger partial charge in [-0.25, -0.2) is 4.68 Å². The Hall–Kier alpha value is -2.63. The number of nitrogens with zero attached hydrogens (tertiary/aromatic N) is 2. The van der Waals surface area contributed by atoms with Gasteiger partial charge in [-0.05, 0) is 46.2 Å². The van der Waals surface area contributed by atoms with E-state index in [1.54, 1.807) is 13.8 Å². The van der Waals surface area contributed by atoms with Crippen LogP contribution in [-0.4, -0.2) is 33.3 Å². The summed E-state index contributed by atoms with van der Waals surface area (Å²) in [7, 11) is 0. The molecule has 1 aromatic carbocycles. The van der Waals surface area contributed by atoms with E-state index >= 15 is 0 Å². The SMILES string of the molecule is Cc1nn(-c2ccccc2)c(C)c1CC(=O)NCCC(C)(C)C(=O)O. The van der Waals surface area contributed by atoms with Crippen molar-refractivity contribution in [3.05, 3.63) is 47.3 Å². The standard InChI is InChI=1S/C19H25N3O3/c1-13-16(12-17(23)20-11-10-19(3,4)18(24)25)14(2)22(21-13)15-8-6-5-7-9-15/h5-9H,10-12H2,1-4H3,(H,20,23)(H,24,25). The van der Waals surface area contributed by atoms with E-state index in [-0.39, 0.29) is 12.3 Å².